The van der Waals surface area contributed by atoms with Gasteiger partial charge in [0.25, 0.3) is 5.91 Å². The molecule has 1 saturated carbocycles. The van der Waals surface area contributed by atoms with Crippen molar-refractivity contribution >= 4 is 11.7 Å². The topological polar surface area (TPSA) is 68.3 Å². The van der Waals surface area contributed by atoms with Gasteiger partial charge in [0.1, 0.15) is 11.5 Å². The van der Waals surface area contributed by atoms with Crippen molar-refractivity contribution in [1.29, 1.82) is 0 Å². The predicted octanol–water partition coefficient (Wildman–Crippen LogP) is 1.33. The van der Waals surface area contributed by atoms with Crippen molar-refractivity contribution in [3.63, 3.8) is 0 Å². The number of nitrogens with one attached hydrogen (secondary N) is 1. The summed E-state index contributed by atoms with van der Waals surface area (Å²) in [6.07, 6.45) is 5.62. The molecule has 1 aliphatic carbocycles. The summed E-state index contributed by atoms with van der Waals surface area (Å²) in [6.45, 7) is 0. The second-order valence-corrected chi connectivity index (χ2v) is 4.36. The third kappa shape index (κ3) is 2.85. The van der Waals surface area contributed by atoms with Gasteiger partial charge in [-0.15, -0.1) is 0 Å². The second kappa shape index (κ2) is 5.62. The zero-order chi connectivity index (χ0) is 13.0. The minimum Gasteiger partial charge on any atom is -0.494 e. The largest absolute Gasteiger partial charge is 0.494 e. The van der Waals surface area contributed by atoms with E-state index in [-0.39, 0.29) is 17.7 Å². The van der Waals surface area contributed by atoms with Gasteiger partial charge in [0.05, 0.1) is 18.9 Å². The molecule has 5 heteroatoms. The Morgan fingerprint density at radius 1 is 1.44 bits per heavy atom. The smallest absolute Gasteiger partial charge is 0.255 e. The summed E-state index contributed by atoms with van der Waals surface area (Å²) < 4.78 is 5.10. The van der Waals surface area contributed by atoms with Crippen molar-refractivity contribution in [3.05, 3.63) is 24.0 Å². The van der Waals surface area contributed by atoms with Crippen molar-refractivity contribution in [2.24, 2.45) is 0 Å². The van der Waals surface area contributed by atoms with Gasteiger partial charge in [0.2, 0.25) is 0 Å². The molecule has 0 bridgehead atoms. The Labute approximate surface area is 106 Å². The van der Waals surface area contributed by atoms with E-state index in [1.54, 1.807) is 12.3 Å². The fourth-order valence-electron chi connectivity index (χ4n) is 2.08. The van der Waals surface area contributed by atoms with Crippen LogP contribution in [0.4, 0.5) is 0 Å². The number of methoxy groups -OCH3 is 1. The number of rotatable bonds is 3. The summed E-state index contributed by atoms with van der Waals surface area (Å²) in [7, 11) is 1.51. The average molecular weight is 248 g/mol. The molecule has 1 aliphatic rings. The highest BCUT2D eigenvalue weighted by atomic mass is 16.5. The number of nitrogens with zero attached hydrogens (tertiary/aromatic N) is 1. The van der Waals surface area contributed by atoms with Crippen molar-refractivity contribution in [2.45, 2.75) is 31.7 Å². The van der Waals surface area contributed by atoms with E-state index in [0.29, 0.717) is 24.2 Å². The van der Waals surface area contributed by atoms with E-state index in [2.05, 4.69) is 10.3 Å². The molecule has 1 N–H and O–H groups in total. The van der Waals surface area contributed by atoms with E-state index in [9.17, 15) is 9.59 Å². The molecule has 5 nitrogen and oxygen atoms in total. The van der Waals surface area contributed by atoms with Gasteiger partial charge < -0.3 is 10.1 Å². The van der Waals surface area contributed by atoms with Crippen LogP contribution >= 0.6 is 0 Å². The first-order chi connectivity index (χ1) is 8.70. The van der Waals surface area contributed by atoms with Gasteiger partial charge >= 0.3 is 0 Å². The Morgan fingerprint density at radius 2 is 2.17 bits per heavy atom. The quantitative estimate of drug-likeness (QED) is 0.876. The summed E-state index contributed by atoms with van der Waals surface area (Å²) in [5.41, 5.74) is 0.476. The Morgan fingerprint density at radius 3 is 2.83 bits per heavy atom. The molecule has 1 heterocycles. The lowest BCUT2D eigenvalue weighted by atomic mass is 9.94. The van der Waals surface area contributed by atoms with Crippen LogP contribution in [0, 0.1) is 0 Å². The molecule has 1 aromatic heterocycles. The maximum Gasteiger partial charge on any atom is 0.255 e. The van der Waals surface area contributed by atoms with Gasteiger partial charge in [-0.05, 0) is 18.9 Å². The van der Waals surface area contributed by atoms with Crippen LogP contribution in [0.5, 0.6) is 5.75 Å². The molecule has 0 atom stereocenters. The zero-order valence-corrected chi connectivity index (χ0v) is 10.3. The van der Waals surface area contributed by atoms with Crippen LogP contribution in [0.1, 0.15) is 36.0 Å². The number of carbonyl (C=O) groups excluding carboxylic acids is 2. The lowest BCUT2D eigenvalue weighted by Crippen LogP contribution is -2.37. The lowest BCUT2D eigenvalue weighted by molar-refractivity contribution is -0.120. The van der Waals surface area contributed by atoms with Crippen LogP contribution in [0.3, 0.4) is 0 Å². The van der Waals surface area contributed by atoms with Crippen molar-refractivity contribution in [1.82, 2.24) is 10.3 Å². The second-order valence-electron chi connectivity index (χ2n) is 4.36. The van der Waals surface area contributed by atoms with Crippen LogP contribution in [0.15, 0.2) is 18.5 Å². The maximum atomic E-state index is 12.1. The maximum absolute atomic E-state index is 12.1. The van der Waals surface area contributed by atoms with Crippen LogP contribution in [0.2, 0.25) is 0 Å². The molecule has 1 aromatic rings. The standard InChI is InChI=1S/C13H16N2O3/c1-18-12-8-14-7-6-11(12)13(17)15-9-2-4-10(16)5-3-9/h6-9H,2-5H2,1H3,(H,15,17). The molecule has 1 fully saturated rings. The van der Waals surface area contributed by atoms with Crippen LogP contribution in [-0.4, -0.2) is 29.8 Å². The first kappa shape index (κ1) is 12.5. The number of aromatic nitrogens is 1. The van der Waals surface area contributed by atoms with Crippen molar-refractivity contribution in [2.75, 3.05) is 7.11 Å². The Bertz CT molecular complexity index is 449. The molecule has 96 valence electrons. The normalized spacial score (nSPS) is 16.4. The average Bonchev–Trinajstić information content (AvgIpc) is 2.41. The third-order valence-electron chi connectivity index (χ3n) is 3.13. The highest BCUT2D eigenvalue weighted by Gasteiger charge is 2.21. The lowest BCUT2D eigenvalue weighted by Gasteiger charge is -2.22. The van der Waals surface area contributed by atoms with Crippen molar-refractivity contribution < 1.29 is 14.3 Å². The molecule has 0 saturated heterocycles. The molecule has 0 aromatic carbocycles. The van der Waals surface area contributed by atoms with Crippen LogP contribution in [0.25, 0.3) is 0 Å². The third-order valence-corrected chi connectivity index (χ3v) is 3.13. The molecular formula is C13H16N2O3. The summed E-state index contributed by atoms with van der Waals surface area (Å²) in [6, 6.07) is 1.70. The molecule has 0 unspecified atom stereocenters. The summed E-state index contributed by atoms with van der Waals surface area (Å²) in [4.78, 5) is 27.1. The van der Waals surface area contributed by atoms with E-state index in [4.69, 9.17) is 4.74 Å². The Hall–Kier alpha value is -1.91. The number of amides is 1. The highest BCUT2D eigenvalue weighted by molar-refractivity contribution is 5.97. The summed E-state index contributed by atoms with van der Waals surface area (Å²) >= 11 is 0. The fraction of sp³-hybridized carbons (Fsp3) is 0.462. The van der Waals surface area contributed by atoms with Gasteiger partial charge in [0.15, 0.2) is 0 Å². The van der Waals surface area contributed by atoms with E-state index < -0.39 is 0 Å². The van der Waals surface area contributed by atoms with E-state index in [0.717, 1.165) is 12.8 Å². The zero-order valence-electron chi connectivity index (χ0n) is 10.3. The Kier molecular flexibility index (Phi) is 3.92. The Balaban J connectivity index is 2.01. The molecule has 0 spiro atoms. The first-order valence-corrected chi connectivity index (χ1v) is 6.01. The molecule has 1 amide bonds. The fourth-order valence-corrected chi connectivity index (χ4v) is 2.08. The minimum absolute atomic E-state index is 0.0769. The number of hydrogen-bond acceptors (Lipinski definition) is 4. The van der Waals surface area contributed by atoms with Crippen LogP contribution < -0.4 is 10.1 Å². The molecule has 18 heavy (non-hydrogen) atoms. The van der Waals surface area contributed by atoms with Crippen LogP contribution in [-0.2, 0) is 4.79 Å². The molecular weight excluding hydrogens is 232 g/mol. The number of ketones is 1. The number of ether oxygens (including phenoxy) is 1. The number of pyridine rings is 1. The highest BCUT2D eigenvalue weighted by Crippen LogP contribution is 2.18. The van der Waals surface area contributed by atoms with Crippen molar-refractivity contribution in [3.8, 4) is 5.75 Å². The van der Waals surface area contributed by atoms with E-state index >= 15 is 0 Å². The summed E-state index contributed by atoms with van der Waals surface area (Å²) in [5, 5.41) is 2.93. The predicted molar refractivity (Wildman–Crippen MR) is 65.5 cm³/mol. The van der Waals surface area contributed by atoms with Gasteiger partial charge in [-0.3, -0.25) is 14.6 Å². The number of Topliss-reactive ketones (excluding diaryl/α,β-unsaturated/α-hetero) is 1. The van der Waals surface area contributed by atoms with E-state index in [1.165, 1.54) is 13.3 Å². The van der Waals surface area contributed by atoms with Gasteiger partial charge in [-0.25, -0.2) is 0 Å². The monoisotopic (exact) mass is 248 g/mol. The first-order valence-electron chi connectivity index (χ1n) is 6.01. The molecule has 0 aliphatic heterocycles. The number of carbonyl (C=O) groups is 2. The molecule has 2 rings (SSSR count). The van der Waals surface area contributed by atoms with E-state index in [1.807, 2.05) is 0 Å². The molecule has 0 radical (unpaired) electrons. The van der Waals surface area contributed by atoms with Gasteiger partial charge in [-0.2, -0.15) is 0 Å². The van der Waals surface area contributed by atoms with Gasteiger partial charge in [0, 0.05) is 25.1 Å². The SMILES string of the molecule is COc1cnccc1C(=O)NC1CCC(=O)CC1. The van der Waals surface area contributed by atoms with Gasteiger partial charge in [-0.1, -0.05) is 0 Å². The summed E-state index contributed by atoms with van der Waals surface area (Å²) in [5.74, 6) is 0.567. The number of hydrogen-bond donors (Lipinski definition) is 1. The minimum atomic E-state index is -0.173.